The number of unbranched alkanes of at least 4 members (excludes halogenated alkanes) is 1. The molecule has 3 N–H and O–H groups in total. The Balaban J connectivity index is 1.56. The molecular weight excluding hydrogens is 548 g/mol. The maximum Gasteiger partial charge on any atom is 0.246 e. The van der Waals surface area contributed by atoms with Gasteiger partial charge in [-0.15, -0.1) is 5.10 Å². The van der Waals surface area contributed by atoms with Gasteiger partial charge in [0.15, 0.2) is 5.65 Å². The summed E-state index contributed by atoms with van der Waals surface area (Å²) in [7, 11) is 8.85. The number of anilines is 3. The molecule has 13 nitrogen and oxygen atoms in total. The third kappa shape index (κ3) is 9.40. The quantitative estimate of drug-likeness (QED) is 0.146. The standard InChI is InChI=1S/C30H42N10O3/c1-8-15-31-26-22(13-10-9-11-16-32-28(42)21(2)39(5)25(41)14-12-17-38(3)4)19-34-30(36-26)35-23-18-24-27(33-20-23)40(6)37-29(24)43-7/h12,14,18-21H,8-9,11,15-17H2,1-7H3,(H,32,42)(H2,31,34,35,36)/b14-12+/t21-/m0/s1. The van der Waals surface area contributed by atoms with Crippen molar-refractivity contribution in [3.05, 3.63) is 36.2 Å². The predicted molar refractivity (Wildman–Crippen MR) is 168 cm³/mol. The van der Waals surface area contributed by atoms with Gasteiger partial charge < -0.3 is 30.5 Å². The topological polar surface area (TPSA) is 142 Å². The van der Waals surface area contributed by atoms with Crippen molar-refractivity contribution in [3.8, 4) is 17.7 Å². The lowest BCUT2D eigenvalue weighted by atomic mass is 10.2. The first-order valence-corrected chi connectivity index (χ1v) is 14.2. The Hall–Kier alpha value is -4.70. The van der Waals surface area contributed by atoms with Crippen LogP contribution in [0.5, 0.6) is 5.88 Å². The van der Waals surface area contributed by atoms with Gasteiger partial charge in [0.1, 0.15) is 11.9 Å². The molecule has 0 aromatic carbocycles. The summed E-state index contributed by atoms with van der Waals surface area (Å²) in [6.07, 6.45) is 8.80. The molecule has 3 rings (SSSR count). The van der Waals surface area contributed by atoms with Gasteiger partial charge in [0, 0.05) is 46.2 Å². The monoisotopic (exact) mass is 590 g/mol. The Morgan fingerprint density at radius 3 is 2.70 bits per heavy atom. The van der Waals surface area contributed by atoms with Gasteiger partial charge in [0.05, 0.1) is 36.1 Å². The fourth-order valence-electron chi connectivity index (χ4n) is 3.91. The zero-order valence-electron chi connectivity index (χ0n) is 26.1. The molecule has 2 amide bonds. The lowest BCUT2D eigenvalue weighted by Gasteiger charge is -2.23. The van der Waals surface area contributed by atoms with E-state index in [0.717, 1.165) is 18.4 Å². The maximum absolute atomic E-state index is 12.5. The summed E-state index contributed by atoms with van der Waals surface area (Å²) in [6, 6.07) is 1.31. The van der Waals surface area contributed by atoms with Gasteiger partial charge in [0.25, 0.3) is 0 Å². The van der Waals surface area contributed by atoms with Crippen molar-refractivity contribution in [1.29, 1.82) is 0 Å². The van der Waals surface area contributed by atoms with E-state index in [2.05, 4.69) is 54.8 Å². The van der Waals surface area contributed by atoms with Gasteiger partial charge in [-0.05, 0) is 39.9 Å². The van der Waals surface area contributed by atoms with E-state index in [1.54, 1.807) is 44.2 Å². The van der Waals surface area contributed by atoms with E-state index in [9.17, 15) is 9.59 Å². The van der Waals surface area contributed by atoms with Crippen LogP contribution in [0.3, 0.4) is 0 Å². The molecule has 0 bridgehead atoms. The Morgan fingerprint density at radius 2 is 1.98 bits per heavy atom. The summed E-state index contributed by atoms with van der Waals surface area (Å²) in [5.74, 6) is 7.41. The number of hydrogen-bond acceptors (Lipinski definition) is 10. The first-order valence-electron chi connectivity index (χ1n) is 14.2. The summed E-state index contributed by atoms with van der Waals surface area (Å²) in [4.78, 5) is 41.7. The largest absolute Gasteiger partial charge is 0.479 e. The Bertz CT molecular complexity index is 1490. The molecule has 0 aliphatic carbocycles. The number of likely N-dealkylation sites (N-methyl/N-ethyl adjacent to an activating group) is 2. The molecule has 43 heavy (non-hydrogen) atoms. The third-order valence-electron chi connectivity index (χ3n) is 6.46. The Kier molecular flexibility index (Phi) is 12.3. The van der Waals surface area contributed by atoms with E-state index >= 15 is 0 Å². The summed E-state index contributed by atoms with van der Waals surface area (Å²) in [6.45, 7) is 5.63. The average Bonchev–Trinajstić information content (AvgIpc) is 3.31. The van der Waals surface area contributed by atoms with Crippen molar-refractivity contribution in [1.82, 2.24) is 39.8 Å². The fourth-order valence-corrected chi connectivity index (χ4v) is 3.91. The van der Waals surface area contributed by atoms with Crippen LogP contribution >= 0.6 is 0 Å². The van der Waals surface area contributed by atoms with Crippen LogP contribution in [0.15, 0.2) is 30.6 Å². The van der Waals surface area contributed by atoms with E-state index in [-0.39, 0.29) is 11.8 Å². The number of aryl methyl sites for hydroxylation is 1. The van der Waals surface area contributed by atoms with Crippen LogP contribution in [-0.4, -0.2) is 100 Å². The lowest BCUT2D eigenvalue weighted by Crippen LogP contribution is -2.45. The zero-order valence-corrected chi connectivity index (χ0v) is 26.1. The highest BCUT2D eigenvalue weighted by Gasteiger charge is 2.20. The van der Waals surface area contributed by atoms with Gasteiger partial charge in [-0.1, -0.05) is 24.8 Å². The van der Waals surface area contributed by atoms with Crippen molar-refractivity contribution in [2.45, 2.75) is 39.2 Å². The Morgan fingerprint density at radius 1 is 1.19 bits per heavy atom. The third-order valence-corrected chi connectivity index (χ3v) is 6.46. The number of carbonyl (C=O) groups excluding carboxylic acids is 2. The minimum absolute atomic E-state index is 0.205. The van der Waals surface area contributed by atoms with Crippen molar-refractivity contribution >= 4 is 40.3 Å². The van der Waals surface area contributed by atoms with E-state index in [1.807, 2.05) is 32.1 Å². The Labute approximate surface area is 253 Å². The minimum Gasteiger partial charge on any atom is -0.479 e. The number of rotatable bonds is 14. The van der Waals surface area contributed by atoms with E-state index in [0.29, 0.717) is 60.5 Å². The SMILES string of the molecule is CCCNc1nc(Nc2cnc3c(c2)c(OC)nn3C)ncc1C#CCCCNC(=O)[C@H](C)N(C)C(=O)/C=C/CN(C)C. The molecule has 0 aliphatic rings. The summed E-state index contributed by atoms with van der Waals surface area (Å²) >= 11 is 0. The second-order valence-corrected chi connectivity index (χ2v) is 10.2. The van der Waals surface area contributed by atoms with E-state index < -0.39 is 6.04 Å². The summed E-state index contributed by atoms with van der Waals surface area (Å²) in [5, 5.41) is 14.5. The van der Waals surface area contributed by atoms with Crippen molar-refractivity contribution in [2.24, 2.45) is 7.05 Å². The second kappa shape index (κ2) is 16.1. The molecule has 0 saturated carbocycles. The molecule has 1 atom stereocenters. The summed E-state index contributed by atoms with van der Waals surface area (Å²) in [5.41, 5.74) is 2.09. The van der Waals surface area contributed by atoms with Crippen LogP contribution in [0.4, 0.5) is 17.5 Å². The number of carbonyl (C=O) groups is 2. The number of fused-ring (bicyclic) bond motifs is 1. The van der Waals surface area contributed by atoms with Crippen molar-refractivity contribution in [2.75, 3.05) is 58.5 Å². The van der Waals surface area contributed by atoms with Gasteiger partial charge in [-0.25, -0.2) is 14.6 Å². The van der Waals surface area contributed by atoms with Crippen molar-refractivity contribution < 1.29 is 14.3 Å². The molecule has 230 valence electrons. The molecule has 3 aromatic heterocycles. The number of hydrogen-bond donors (Lipinski definition) is 3. The van der Waals surface area contributed by atoms with Crippen LogP contribution in [0.1, 0.15) is 38.7 Å². The molecule has 3 aromatic rings. The first-order chi connectivity index (χ1) is 20.6. The number of nitrogens with one attached hydrogen (secondary N) is 3. The fraction of sp³-hybridized carbons (Fsp3) is 0.467. The zero-order chi connectivity index (χ0) is 31.4. The number of nitrogens with zero attached hydrogens (tertiary/aromatic N) is 7. The number of methoxy groups -OCH3 is 1. The van der Waals surface area contributed by atoms with Crippen molar-refractivity contribution in [3.63, 3.8) is 0 Å². The molecule has 0 aliphatic heterocycles. The maximum atomic E-state index is 12.5. The lowest BCUT2D eigenvalue weighted by molar-refractivity contribution is -0.135. The molecule has 0 unspecified atom stereocenters. The van der Waals surface area contributed by atoms with E-state index in [4.69, 9.17) is 4.74 Å². The van der Waals surface area contributed by atoms with Gasteiger partial charge in [-0.3, -0.25) is 9.59 Å². The first kappa shape index (κ1) is 32.8. The van der Waals surface area contributed by atoms with Crippen LogP contribution in [0, 0.1) is 11.8 Å². The van der Waals surface area contributed by atoms with Crippen LogP contribution in [0.25, 0.3) is 11.0 Å². The number of ether oxygens (including phenoxy) is 1. The molecule has 3 heterocycles. The molecular formula is C30H42N10O3. The number of aromatic nitrogens is 5. The van der Waals surface area contributed by atoms with Crippen LogP contribution < -0.4 is 20.7 Å². The highest BCUT2D eigenvalue weighted by Crippen LogP contribution is 2.26. The minimum atomic E-state index is -0.580. The second-order valence-electron chi connectivity index (χ2n) is 10.2. The highest BCUT2D eigenvalue weighted by molar-refractivity contribution is 5.92. The number of amides is 2. The number of pyridine rings is 1. The smallest absolute Gasteiger partial charge is 0.246 e. The molecule has 0 spiro atoms. The van der Waals surface area contributed by atoms with Gasteiger partial charge >= 0.3 is 0 Å². The highest BCUT2D eigenvalue weighted by atomic mass is 16.5. The van der Waals surface area contributed by atoms with Gasteiger partial charge in [0.2, 0.25) is 23.6 Å². The summed E-state index contributed by atoms with van der Waals surface area (Å²) < 4.78 is 7.02. The van der Waals surface area contributed by atoms with Crippen LogP contribution in [0.2, 0.25) is 0 Å². The van der Waals surface area contributed by atoms with Crippen LogP contribution in [-0.2, 0) is 16.6 Å². The molecule has 0 saturated heterocycles. The molecule has 0 radical (unpaired) electrons. The van der Waals surface area contributed by atoms with Gasteiger partial charge in [-0.2, -0.15) is 4.98 Å². The molecule has 0 fully saturated rings. The average molecular weight is 591 g/mol. The normalized spacial score (nSPS) is 11.7. The predicted octanol–water partition coefficient (Wildman–Crippen LogP) is 2.55. The molecule has 13 heteroatoms. The van der Waals surface area contributed by atoms with E-state index in [1.165, 1.54) is 11.0 Å².